The third-order valence-corrected chi connectivity index (χ3v) is 10.2. The average Bonchev–Trinajstić information content (AvgIpc) is 2.96. The lowest BCUT2D eigenvalue weighted by Gasteiger charge is -2.39. The highest BCUT2D eigenvalue weighted by atomic mass is 16.6. The van der Waals surface area contributed by atoms with Crippen LogP contribution in [0.4, 0.5) is 0 Å². The van der Waals surface area contributed by atoms with E-state index >= 15 is 0 Å². The summed E-state index contributed by atoms with van der Waals surface area (Å²) in [6.45, 7) is 10.9. The minimum atomic E-state index is -0.303. The molecule has 44 heavy (non-hydrogen) atoms. The van der Waals surface area contributed by atoms with Crippen LogP contribution in [-0.4, -0.2) is 55.7 Å². The molecule has 0 aromatic heterocycles. The number of rotatable bonds is 28. The SMILES string of the molecule is CCCCCCCCCCCCCCCCCCCCCC(=O)NCCC[N+](C)(C)CC(=O)OC1(C)CCC(C(C)C)CC1. The van der Waals surface area contributed by atoms with E-state index in [2.05, 4.69) is 47.1 Å². The maximum Gasteiger partial charge on any atom is 0.362 e. The normalized spacial score (nSPS) is 18.9. The van der Waals surface area contributed by atoms with Crippen LogP contribution in [-0.2, 0) is 14.3 Å². The van der Waals surface area contributed by atoms with Crippen molar-refractivity contribution in [2.24, 2.45) is 11.8 Å². The smallest absolute Gasteiger partial charge is 0.362 e. The van der Waals surface area contributed by atoms with Gasteiger partial charge in [-0.05, 0) is 50.9 Å². The summed E-state index contributed by atoms with van der Waals surface area (Å²) < 4.78 is 6.59. The van der Waals surface area contributed by atoms with E-state index in [0.717, 1.165) is 57.4 Å². The van der Waals surface area contributed by atoms with Gasteiger partial charge in [-0.25, -0.2) is 4.79 Å². The van der Waals surface area contributed by atoms with E-state index in [1.54, 1.807) is 0 Å². The van der Waals surface area contributed by atoms with Crippen LogP contribution >= 0.6 is 0 Å². The number of hydrogen-bond donors (Lipinski definition) is 1. The van der Waals surface area contributed by atoms with Gasteiger partial charge in [-0.15, -0.1) is 0 Å². The van der Waals surface area contributed by atoms with Gasteiger partial charge in [0.15, 0.2) is 6.54 Å². The van der Waals surface area contributed by atoms with Gasteiger partial charge >= 0.3 is 5.97 Å². The first-order chi connectivity index (χ1) is 21.1. The highest BCUT2D eigenvalue weighted by molar-refractivity contribution is 5.75. The van der Waals surface area contributed by atoms with E-state index in [1.165, 1.54) is 109 Å². The largest absolute Gasteiger partial charge is 0.455 e. The number of nitrogens with one attached hydrogen (secondary N) is 1. The molecule has 5 heteroatoms. The van der Waals surface area contributed by atoms with Crippen LogP contribution in [0.5, 0.6) is 0 Å². The number of nitrogens with zero attached hydrogens (tertiary/aromatic N) is 1. The molecule has 0 aromatic rings. The minimum absolute atomic E-state index is 0.0890. The van der Waals surface area contributed by atoms with Crippen molar-refractivity contribution in [3.05, 3.63) is 0 Å². The van der Waals surface area contributed by atoms with Gasteiger partial charge in [-0.3, -0.25) is 4.79 Å². The maximum atomic E-state index is 12.7. The number of unbranched alkanes of at least 4 members (excludes halogenated alkanes) is 18. The van der Waals surface area contributed by atoms with Crippen molar-refractivity contribution in [1.82, 2.24) is 5.32 Å². The Kier molecular flexibility index (Phi) is 23.3. The Hall–Kier alpha value is -1.10. The Balaban J connectivity index is 1.91. The highest BCUT2D eigenvalue weighted by Gasteiger charge is 2.36. The average molecular weight is 622 g/mol. The second-order valence-electron chi connectivity index (χ2n) is 15.6. The van der Waals surface area contributed by atoms with Gasteiger partial charge in [0.25, 0.3) is 0 Å². The van der Waals surface area contributed by atoms with Crippen molar-refractivity contribution in [3.63, 3.8) is 0 Å². The molecule has 0 heterocycles. The molecular formula is C39H77N2O3+. The molecule has 1 N–H and O–H groups in total. The van der Waals surface area contributed by atoms with E-state index in [-0.39, 0.29) is 17.5 Å². The van der Waals surface area contributed by atoms with Gasteiger partial charge in [0.2, 0.25) is 5.91 Å². The van der Waals surface area contributed by atoms with Crippen molar-refractivity contribution in [1.29, 1.82) is 0 Å². The molecule has 1 aliphatic rings. The van der Waals surface area contributed by atoms with Crippen molar-refractivity contribution < 1.29 is 18.8 Å². The predicted molar refractivity (Wildman–Crippen MR) is 189 cm³/mol. The predicted octanol–water partition coefficient (Wildman–Crippen LogP) is 10.5. The van der Waals surface area contributed by atoms with E-state index in [0.29, 0.717) is 29.9 Å². The summed E-state index contributed by atoms with van der Waals surface area (Å²) in [7, 11) is 4.17. The third-order valence-electron chi connectivity index (χ3n) is 10.2. The summed E-state index contributed by atoms with van der Waals surface area (Å²) in [4.78, 5) is 25.0. The number of ether oxygens (including phenoxy) is 1. The first kappa shape index (κ1) is 40.9. The monoisotopic (exact) mass is 622 g/mol. The zero-order chi connectivity index (χ0) is 32.5. The van der Waals surface area contributed by atoms with Gasteiger partial charge in [-0.2, -0.15) is 0 Å². The van der Waals surface area contributed by atoms with Crippen LogP contribution in [0.1, 0.15) is 188 Å². The fourth-order valence-electron chi connectivity index (χ4n) is 6.94. The second-order valence-corrected chi connectivity index (χ2v) is 15.6. The number of quaternary nitrogens is 1. The van der Waals surface area contributed by atoms with Crippen LogP contribution in [0.15, 0.2) is 0 Å². The Morgan fingerprint density at radius 2 is 1.16 bits per heavy atom. The molecule has 0 unspecified atom stereocenters. The summed E-state index contributed by atoms with van der Waals surface area (Å²) in [5.74, 6) is 1.55. The Morgan fingerprint density at radius 3 is 1.59 bits per heavy atom. The van der Waals surface area contributed by atoms with E-state index in [4.69, 9.17) is 4.74 Å². The molecule has 0 bridgehead atoms. The highest BCUT2D eigenvalue weighted by Crippen LogP contribution is 2.38. The molecule has 0 radical (unpaired) electrons. The van der Waals surface area contributed by atoms with E-state index < -0.39 is 0 Å². The van der Waals surface area contributed by atoms with Crippen LogP contribution < -0.4 is 5.32 Å². The molecule has 260 valence electrons. The number of carbonyl (C=O) groups is 2. The molecule has 0 aliphatic heterocycles. The molecule has 0 atom stereocenters. The topological polar surface area (TPSA) is 55.4 Å². The molecular weight excluding hydrogens is 544 g/mol. The van der Waals surface area contributed by atoms with Gasteiger partial charge in [0.05, 0.1) is 20.6 Å². The Bertz CT molecular complexity index is 712. The number of carbonyl (C=O) groups excluding carboxylic acids is 2. The number of amides is 1. The zero-order valence-electron chi connectivity index (χ0n) is 30.6. The molecule has 1 rings (SSSR count). The molecule has 1 aliphatic carbocycles. The van der Waals surface area contributed by atoms with Crippen LogP contribution in [0.3, 0.4) is 0 Å². The standard InChI is InChI=1S/C39H76N2O3/c1-7-8-9-10-11-12-13-14-15-16-17-18-19-20-21-22-23-24-25-27-37(42)40-32-26-33-41(5,6)34-38(43)44-39(4)30-28-36(29-31-39)35(2)3/h35-36H,7-34H2,1-6H3/p+1. The van der Waals surface area contributed by atoms with Crippen molar-refractivity contribution >= 4 is 11.9 Å². The van der Waals surface area contributed by atoms with Crippen molar-refractivity contribution in [2.45, 2.75) is 194 Å². The molecule has 1 saturated carbocycles. The molecule has 5 nitrogen and oxygen atoms in total. The fraction of sp³-hybridized carbons (Fsp3) is 0.949. The maximum absolute atomic E-state index is 12.7. The lowest BCUT2D eigenvalue weighted by molar-refractivity contribution is -0.883. The summed E-state index contributed by atoms with van der Waals surface area (Å²) in [5.41, 5.74) is -0.303. The molecule has 1 fully saturated rings. The fourth-order valence-corrected chi connectivity index (χ4v) is 6.94. The molecule has 1 amide bonds. The number of esters is 1. The van der Waals surface area contributed by atoms with Gasteiger partial charge < -0.3 is 14.5 Å². The van der Waals surface area contributed by atoms with Gasteiger partial charge in [0.1, 0.15) is 5.60 Å². The summed E-state index contributed by atoms with van der Waals surface area (Å²) >= 11 is 0. The minimum Gasteiger partial charge on any atom is -0.455 e. The second kappa shape index (κ2) is 25.0. The van der Waals surface area contributed by atoms with Crippen LogP contribution in [0, 0.1) is 11.8 Å². The zero-order valence-corrected chi connectivity index (χ0v) is 30.6. The Morgan fingerprint density at radius 1 is 0.727 bits per heavy atom. The Labute approximate surface area is 275 Å². The van der Waals surface area contributed by atoms with Crippen LogP contribution in [0.25, 0.3) is 0 Å². The first-order valence-corrected chi connectivity index (χ1v) is 19.4. The van der Waals surface area contributed by atoms with E-state index in [1.807, 2.05) is 0 Å². The number of likely N-dealkylation sites (N-methyl/N-ethyl adjacent to an activating group) is 1. The molecule has 0 saturated heterocycles. The van der Waals surface area contributed by atoms with E-state index in [9.17, 15) is 9.59 Å². The van der Waals surface area contributed by atoms with Crippen molar-refractivity contribution in [2.75, 3.05) is 33.7 Å². The third kappa shape index (κ3) is 22.4. The lowest BCUT2D eigenvalue weighted by atomic mass is 9.75. The lowest BCUT2D eigenvalue weighted by Crippen LogP contribution is -2.48. The van der Waals surface area contributed by atoms with Gasteiger partial charge in [-0.1, -0.05) is 136 Å². The van der Waals surface area contributed by atoms with Gasteiger partial charge in [0, 0.05) is 19.4 Å². The summed E-state index contributed by atoms with van der Waals surface area (Å²) in [6, 6.07) is 0. The van der Waals surface area contributed by atoms with Crippen molar-refractivity contribution in [3.8, 4) is 0 Å². The van der Waals surface area contributed by atoms with Crippen LogP contribution in [0.2, 0.25) is 0 Å². The number of hydrogen-bond acceptors (Lipinski definition) is 3. The molecule has 0 aromatic carbocycles. The quantitative estimate of drug-likeness (QED) is 0.0537. The molecule has 0 spiro atoms. The summed E-state index contributed by atoms with van der Waals surface area (Å²) in [6.07, 6.45) is 31.8. The summed E-state index contributed by atoms with van der Waals surface area (Å²) in [5, 5.41) is 3.09. The first-order valence-electron chi connectivity index (χ1n) is 19.4.